The Labute approximate surface area is 94.7 Å². The van der Waals surface area contributed by atoms with Crippen molar-refractivity contribution in [3.63, 3.8) is 0 Å². The van der Waals surface area contributed by atoms with Gasteiger partial charge in [0.15, 0.2) is 5.65 Å². The van der Waals surface area contributed by atoms with E-state index in [0.717, 1.165) is 30.3 Å². The summed E-state index contributed by atoms with van der Waals surface area (Å²) in [6.45, 7) is 0.943. The molecule has 5 nitrogen and oxygen atoms in total. The molecule has 0 N–H and O–H groups in total. The van der Waals surface area contributed by atoms with Gasteiger partial charge in [0.2, 0.25) is 5.88 Å². The highest BCUT2D eigenvalue weighted by molar-refractivity contribution is 5.42. The molecule has 0 radical (unpaired) electrons. The zero-order valence-electron chi connectivity index (χ0n) is 9.84. The normalized spacial score (nSPS) is 11.2. The highest BCUT2D eigenvalue weighted by Gasteiger charge is 2.09. The number of methoxy groups -OCH3 is 1. The van der Waals surface area contributed by atoms with Crippen LogP contribution in [0.5, 0.6) is 5.88 Å². The van der Waals surface area contributed by atoms with Crippen molar-refractivity contribution in [3.8, 4) is 5.88 Å². The first kappa shape index (κ1) is 10.9. The van der Waals surface area contributed by atoms with Crippen LogP contribution in [0.4, 0.5) is 0 Å². The molecule has 2 rings (SSSR count). The van der Waals surface area contributed by atoms with Crippen molar-refractivity contribution >= 4 is 5.65 Å². The first-order chi connectivity index (χ1) is 7.72. The van der Waals surface area contributed by atoms with E-state index in [1.54, 1.807) is 7.11 Å². The Kier molecular flexibility index (Phi) is 3.05. The van der Waals surface area contributed by atoms with Crippen molar-refractivity contribution in [1.82, 2.24) is 19.5 Å². The lowest BCUT2D eigenvalue weighted by atomic mass is 10.3. The molecule has 0 aromatic carbocycles. The van der Waals surface area contributed by atoms with E-state index in [1.165, 1.54) is 0 Å². The van der Waals surface area contributed by atoms with Crippen molar-refractivity contribution in [2.45, 2.75) is 6.42 Å². The summed E-state index contributed by atoms with van der Waals surface area (Å²) in [5.74, 6) is 1.71. The lowest BCUT2D eigenvalue weighted by Crippen LogP contribution is -2.16. The first-order valence-electron chi connectivity index (χ1n) is 5.24. The summed E-state index contributed by atoms with van der Waals surface area (Å²) in [6.07, 6.45) is 0.856. The zero-order chi connectivity index (χ0) is 11.5. The molecular weight excluding hydrogens is 204 g/mol. The van der Waals surface area contributed by atoms with Crippen LogP contribution in [0.15, 0.2) is 18.2 Å². The van der Waals surface area contributed by atoms with E-state index in [1.807, 2.05) is 36.7 Å². The molecule has 0 bridgehead atoms. The largest absolute Gasteiger partial charge is 0.482 e. The van der Waals surface area contributed by atoms with Gasteiger partial charge >= 0.3 is 0 Å². The van der Waals surface area contributed by atoms with Gasteiger partial charge in [0.05, 0.1) is 7.11 Å². The molecule has 2 aromatic rings. The van der Waals surface area contributed by atoms with Crippen LogP contribution in [0.25, 0.3) is 5.65 Å². The van der Waals surface area contributed by atoms with Gasteiger partial charge in [-0.1, -0.05) is 6.07 Å². The van der Waals surface area contributed by atoms with Gasteiger partial charge in [-0.05, 0) is 26.2 Å². The zero-order valence-corrected chi connectivity index (χ0v) is 9.84. The van der Waals surface area contributed by atoms with Crippen LogP contribution in [-0.4, -0.2) is 47.2 Å². The average molecular weight is 220 g/mol. The third kappa shape index (κ3) is 1.99. The Morgan fingerprint density at radius 1 is 1.31 bits per heavy atom. The molecule has 2 aromatic heterocycles. The van der Waals surface area contributed by atoms with Gasteiger partial charge in [0, 0.05) is 13.0 Å². The van der Waals surface area contributed by atoms with Crippen molar-refractivity contribution in [2.75, 3.05) is 27.7 Å². The summed E-state index contributed by atoms with van der Waals surface area (Å²) in [6, 6.07) is 5.75. The minimum absolute atomic E-state index is 0.774. The Balaban J connectivity index is 2.38. The number of aromatic nitrogens is 3. The van der Waals surface area contributed by atoms with Gasteiger partial charge in [0.25, 0.3) is 0 Å². The Bertz CT molecular complexity index is 478. The average Bonchev–Trinajstić information content (AvgIpc) is 2.69. The van der Waals surface area contributed by atoms with E-state index in [0.29, 0.717) is 0 Å². The van der Waals surface area contributed by atoms with Crippen LogP contribution >= 0.6 is 0 Å². The van der Waals surface area contributed by atoms with Crippen molar-refractivity contribution < 1.29 is 4.74 Å². The van der Waals surface area contributed by atoms with E-state index >= 15 is 0 Å². The molecule has 0 spiro atoms. The molecule has 0 fully saturated rings. The van der Waals surface area contributed by atoms with E-state index in [4.69, 9.17) is 4.74 Å². The lowest BCUT2D eigenvalue weighted by Gasteiger charge is -2.09. The third-order valence-electron chi connectivity index (χ3n) is 2.45. The number of hydrogen-bond acceptors (Lipinski definition) is 4. The lowest BCUT2D eigenvalue weighted by molar-refractivity contribution is 0.383. The summed E-state index contributed by atoms with van der Waals surface area (Å²) in [7, 11) is 5.74. The molecule has 0 saturated heterocycles. The van der Waals surface area contributed by atoms with Gasteiger partial charge in [-0.3, -0.25) is 0 Å². The SMILES string of the molecule is COc1cccc2nnc(CCN(C)C)n12. The second-order valence-corrected chi connectivity index (χ2v) is 3.93. The monoisotopic (exact) mass is 220 g/mol. The molecule has 2 heterocycles. The van der Waals surface area contributed by atoms with Gasteiger partial charge in [0.1, 0.15) is 5.82 Å². The van der Waals surface area contributed by atoms with E-state index in [2.05, 4.69) is 15.1 Å². The maximum Gasteiger partial charge on any atom is 0.200 e. The minimum atomic E-state index is 0.774. The third-order valence-corrected chi connectivity index (χ3v) is 2.45. The van der Waals surface area contributed by atoms with Crippen molar-refractivity contribution in [2.24, 2.45) is 0 Å². The number of rotatable bonds is 4. The smallest absolute Gasteiger partial charge is 0.200 e. The highest BCUT2D eigenvalue weighted by Crippen LogP contribution is 2.15. The Morgan fingerprint density at radius 3 is 2.81 bits per heavy atom. The molecule has 0 saturated carbocycles. The summed E-state index contributed by atoms with van der Waals surface area (Å²) < 4.78 is 7.25. The summed E-state index contributed by atoms with van der Waals surface area (Å²) >= 11 is 0. The van der Waals surface area contributed by atoms with Crippen LogP contribution in [0.2, 0.25) is 0 Å². The minimum Gasteiger partial charge on any atom is -0.482 e. The fourth-order valence-electron chi connectivity index (χ4n) is 1.61. The molecule has 86 valence electrons. The van der Waals surface area contributed by atoms with Gasteiger partial charge in [-0.25, -0.2) is 4.40 Å². The maximum atomic E-state index is 5.30. The van der Waals surface area contributed by atoms with Crippen LogP contribution in [-0.2, 0) is 6.42 Å². The molecule has 16 heavy (non-hydrogen) atoms. The number of nitrogens with zero attached hydrogens (tertiary/aromatic N) is 4. The van der Waals surface area contributed by atoms with E-state index in [9.17, 15) is 0 Å². The second kappa shape index (κ2) is 4.49. The van der Waals surface area contributed by atoms with Crippen LogP contribution in [0.3, 0.4) is 0 Å². The summed E-state index contributed by atoms with van der Waals surface area (Å²) in [5, 5.41) is 8.30. The molecule has 0 amide bonds. The summed E-state index contributed by atoms with van der Waals surface area (Å²) in [5.41, 5.74) is 0.827. The summed E-state index contributed by atoms with van der Waals surface area (Å²) in [4.78, 5) is 2.12. The topological polar surface area (TPSA) is 42.7 Å². The highest BCUT2D eigenvalue weighted by atomic mass is 16.5. The maximum absolute atomic E-state index is 5.30. The number of hydrogen-bond donors (Lipinski definition) is 0. The standard InChI is InChI=1S/C11H16N4O/c1-14(2)8-7-10-13-12-9-5-4-6-11(16-3)15(9)10/h4-6H,7-8H2,1-3H3. The van der Waals surface area contributed by atoms with E-state index < -0.39 is 0 Å². The number of fused-ring (bicyclic) bond motifs is 1. The fraction of sp³-hybridized carbons (Fsp3) is 0.455. The molecular formula is C11H16N4O. The predicted octanol–water partition coefficient (Wildman–Crippen LogP) is 0.842. The van der Waals surface area contributed by atoms with Gasteiger partial charge in [-0.15, -0.1) is 10.2 Å². The Morgan fingerprint density at radius 2 is 2.12 bits per heavy atom. The molecule has 0 aliphatic carbocycles. The fourth-order valence-corrected chi connectivity index (χ4v) is 1.61. The number of ether oxygens (including phenoxy) is 1. The van der Waals surface area contributed by atoms with Crippen LogP contribution in [0, 0.1) is 0 Å². The van der Waals surface area contributed by atoms with Crippen molar-refractivity contribution in [3.05, 3.63) is 24.0 Å². The van der Waals surface area contributed by atoms with Crippen molar-refractivity contribution in [1.29, 1.82) is 0 Å². The van der Waals surface area contributed by atoms with Gasteiger partial charge in [-0.2, -0.15) is 0 Å². The van der Waals surface area contributed by atoms with Gasteiger partial charge < -0.3 is 9.64 Å². The Hall–Kier alpha value is -1.62. The molecule has 0 aliphatic rings. The molecule has 0 atom stereocenters. The molecule has 0 unspecified atom stereocenters. The van der Waals surface area contributed by atoms with Crippen LogP contribution in [0.1, 0.15) is 5.82 Å². The molecule has 5 heteroatoms. The van der Waals surface area contributed by atoms with Crippen LogP contribution < -0.4 is 4.74 Å². The number of likely N-dealkylation sites (N-methyl/N-ethyl adjacent to an activating group) is 1. The number of pyridine rings is 1. The first-order valence-corrected chi connectivity index (χ1v) is 5.24. The quantitative estimate of drug-likeness (QED) is 0.766. The second-order valence-electron chi connectivity index (χ2n) is 3.93. The molecule has 0 aliphatic heterocycles. The predicted molar refractivity (Wildman–Crippen MR) is 61.8 cm³/mol. The van der Waals surface area contributed by atoms with E-state index in [-0.39, 0.29) is 0 Å².